The highest BCUT2D eigenvalue weighted by atomic mass is 32.2. The Morgan fingerprint density at radius 1 is 1.30 bits per heavy atom. The fourth-order valence-corrected chi connectivity index (χ4v) is 5.33. The van der Waals surface area contributed by atoms with Crippen molar-refractivity contribution in [2.75, 3.05) is 18.9 Å². The van der Waals surface area contributed by atoms with Crippen molar-refractivity contribution < 1.29 is 13.5 Å². The number of hydrogen-bond acceptors (Lipinski definition) is 4. The molecule has 2 atom stereocenters. The van der Waals surface area contributed by atoms with E-state index in [1.165, 1.54) is 0 Å². The molecular weight excluding hydrogens is 294 g/mol. The normalized spacial score (nSPS) is 24.8. The minimum Gasteiger partial charge on any atom is -0.396 e. The first kappa shape index (κ1) is 15.8. The van der Waals surface area contributed by atoms with E-state index in [9.17, 15) is 8.42 Å². The number of nitrogens with zero attached hydrogens (tertiary/aromatic N) is 1. The number of hydrogen-bond donors (Lipinski definition) is 1. The first-order valence-corrected chi connectivity index (χ1v) is 9.29. The van der Waals surface area contributed by atoms with E-state index in [0.717, 1.165) is 11.3 Å². The molecule has 6 heteroatoms. The number of rotatable bonds is 4. The summed E-state index contributed by atoms with van der Waals surface area (Å²) in [5.74, 6) is 0.841. The molecule has 0 aromatic heterocycles. The van der Waals surface area contributed by atoms with E-state index in [1.807, 2.05) is 18.7 Å². The summed E-state index contributed by atoms with van der Waals surface area (Å²) >= 11 is 1.82. The van der Waals surface area contributed by atoms with Crippen molar-refractivity contribution in [3.8, 4) is 0 Å². The topological polar surface area (TPSA) is 57.6 Å². The molecule has 112 valence electrons. The maximum absolute atomic E-state index is 12.7. The zero-order valence-electron chi connectivity index (χ0n) is 11.8. The van der Waals surface area contributed by atoms with Gasteiger partial charge in [0.25, 0.3) is 0 Å². The summed E-state index contributed by atoms with van der Waals surface area (Å²) in [7, 11) is -3.42. The lowest BCUT2D eigenvalue weighted by molar-refractivity contribution is 0.299. The van der Waals surface area contributed by atoms with Gasteiger partial charge in [0.05, 0.1) is 4.90 Å². The van der Waals surface area contributed by atoms with Gasteiger partial charge >= 0.3 is 0 Å². The van der Waals surface area contributed by atoms with Crippen LogP contribution in [0.25, 0.3) is 0 Å². The molecule has 20 heavy (non-hydrogen) atoms. The highest BCUT2D eigenvalue weighted by molar-refractivity contribution is 8.00. The van der Waals surface area contributed by atoms with Crippen LogP contribution in [-0.4, -0.2) is 48.0 Å². The second-order valence-corrected chi connectivity index (χ2v) is 8.43. The van der Waals surface area contributed by atoms with Crippen LogP contribution < -0.4 is 0 Å². The van der Waals surface area contributed by atoms with Crippen molar-refractivity contribution in [3.05, 3.63) is 29.8 Å². The van der Waals surface area contributed by atoms with Crippen LogP contribution in [0, 0.1) is 0 Å². The molecule has 2 unspecified atom stereocenters. The lowest BCUT2D eigenvalue weighted by atomic mass is 10.2. The van der Waals surface area contributed by atoms with Crippen LogP contribution >= 0.6 is 11.8 Å². The number of thioether (sulfide) groups is 1. The minimum atomic E-state index is -3.42. The van der Waals surface area contributed by atoms with Gasteiger partial charge in [-0.2, -0.15) is 16.1 Å². The average Bonchev–Trinajstić information content (AvgIpc) is 2.42. The first-order valence-electron chi connectivity index (χ1n) is 6.80. The van der Waals surface area contributed by atoms with E-state index in [2.05, 4.69) is 6.92 Å². The van der Waals surface area contributed by atoms with Gasteiger partial charge in [-0.3, -0.25) is 0 Å². The summed E-state index contributed by atoms with van der Waals surface area (Å²) in [6.45, 7) is 4.68. The second kappa shape index (κ2) is 6.47. The van der Waals surface area contributed by atoms with Gasteiger partial charge in [-0.05, 0) is 31.0 Å². The Morgan fingerprint density at radius 2 is 1.95 bits per heavy atom. The number of aliphatic hydroxyl groups is 1. The quantitative estimate of drug-likeness (QED) is 0.919. The predicted octanol–water partition coefficient (Wildman–Crippen LogP) is 1.74. The zero-order valence-corrected chi connectivity index (χ0v) is 13.5. The molecule has 0 saturated carbocycles. The molecule has 1 aromatic carbocycles. The summed E-state index contributed by atoms with van der Waals surface area (Å²) < 4.78 is 27.0. The van der Waals surface area contributed by atoms with Crippen LogP contribution in [0.4, 0.5) is 0 Å². The van der Waals surface area contributed by atoms with Crippen molar-refractivity contribution in [1.29, 1.82) is 0 Å². The third-order valence-corrected chi connectivity index (χ3v) is 7.09. The van der Waals surface area contributed by atoms with Gasteiger partial charge in [0.1, 0.15) is 0 Å². The van der Waals surface area contributed by atoms with Crippen molar-refractivity contribution in [2.45, 2.75) is 36.5 Å². The van der Waals surface area contributed by atoms with Gasteiger partial charge in [-0.25, -0.2) is 8.42 Å². The van der Waals surface area contributed by atoms with Crippen LogP contribution in [0.3, 0.4) is 0 Å². The molecule has 1 aliphatic rings. The Morgan fingerprint density at radius 3 is 2.55 bits per heavy atom. The Balaban J connectivity index is 2.25. The van der Waals surface area contributed by atoms with Crippen molar-refractivity contribution >= 4 is 21.8 Å². The third-order valence-electron chi connectivity index (χ3n) is 3.76. The molecule has 1 aromatic rings. The molecule has 0 spiro atoms. The van der Waals surface area contributed by atoms with E-state index >= 15 is 0 Å². The predicted molar refractivity (Wildman–Crippen MR) is 82.5 cm³/mol. The van der Waals surface area contributed by atoms with Crippen molar-refractivity contribution in [1.82, 2.24) is 4.31 Å². The van der Waals surface area contributed by atoms with Gasteiger partial charge in [0, 0.05) is 30.2 Å². The monoisotopic (exact) mass is 315 g/mol. The molecule has 1 N–H and O–H groups in total. The van der Waals surface area contributed by atoms with Gasteiger partial charge < -0.3 is 5.11 Å². The number of benzene rings is 1. The Hall–Kier alpha value is -0.560. The van der Waals surface area contributed by atoms with E-state index in [1.54, 1.807) is 28.6 Å². The molecular formula is C14H21NO3S2. The average molecular weight is 315 g/mol. The summed E-state index contributed by atoms with van der Waals surface area (Å²) in [4.78, 5) is 0.338. The standard InChI is InChI=1S/C14H21NO3S2/c1-11-12(2)19-10-8-15(11)20(17,18)14-5-3-13(4-6-14)7-9-16/h3-6,11-12,16H,7-10H2,1-2H3. The summed E-state index contributed by atoms with van der Waals surface area (Å²) in [6, 6.07) is 6.83. The van der Waals surface area contributed by atoms with Crippen LogP contribution in [-0.2, 0) is 16.4 Å². The Kier molecular flexibility index (Phi) is 5.12. The smallest absolute Gasteiger partial charge is 0.243 e. The lowest BCUT2D eigenvalue weighted by Gasteiger charge is -2.36. The largest absolute Gasteiger partial charge is 0.396 e. The molecule has 0 radical (unpaired) electrons. The van der Waals surface area contributed by atoms with E-state index in [0.29, 0.717) is 23.1 Å². The maximum atomic E-state index is 12.7. The van der Waals surface area contributed by atoms with Crippen molar-refractivity contribution in [3.63, 3.8) is 0 Å². The Bertz CT molecular complexity index is 542. The van der Waals surface area contributed by atoms with E-state index in [-0.39, 0.29) is 12.6 Å². The molecule has 0 bridgehead atoms. The molecule has 1 aliphatic heterocycles. The maximum Gasteiger partial charge on any atom is 0.243 e. The second-order valence-electron chi connectivity index (χ2n) is 5.05. The highest BCUT2D eigenvalue weighted by Gasteiger charge is 2.34. The van der Waals surface area contributed by atoms with Crippen molar-refractivity contribution in [2.24, 2.45) is 0 Å². The molecule has 1 saturated heterocycles. The molecule has 1 fully saturated rings. The van der Waals surface area contributed by atoms with Crippen LogP contribution in [0.15, 0.2) is 29.2 Å². The van der Waals surface area contributed by atoms with Gasteiger partial charge in [0.15, 0.2) is 0 Å². The van der Waals surface area contributed by atoms with E-state index < -0.39 is 10.0 Å². The minimum absolute atomic E-state index is 0.0101. The van der Waals surface area contributed by atoms with Crippen LogP contribution in [0.1, 0.15) is 19.4 Å². The fourth-order valence-electron chi connectivity index (χ4n) is 2.34. The first-order chi connectivity index (χ1) is 9.46. The zero-order chi connectivity index (χ0) is 14.8. The van der Waals surface area contributed by atoms with Gasteiger partial charge in [-0.15, -0.1) is 0 Å². The third kappa shape index (κ3) is 3.19. The molecule has 4 nitrogen and oxygen atoms in total. The molecule has 2 rings (SSSR count). The van der Waals surface area contributed by atoms with Crippen LogP contribution in [0.5, 0.6) is 0 Å². The summed E-state index contributed by atoms with van der Waals surface area (Å²) in [5.41, 5.74) is 0.946. The lowest BCUT2D eigenvalue weighted by Crippen LogP contribution is -2.47. The van der Waals surface area contributed by atoms with Gasteiger partial charge in [0.2, 0.25) is 10.0 Å². The fraction of sp³-hybridized carbons (Fsp3) is 0.571. The number of aliphatic hydroxyl groups excluding tert-OH is 1. The molecule has 0 amide bonds. The SMILES string of the molecule is CC1SCCN(S(=O)(=O)c2ccc(CCO)cc2)C1C. The highest BCUT2D eigenvalue weighted by Crippen LogP contribution is 2.29. The Labute approximate surface area is 125 Å². The summed E-state index contributed by atoms with van der Waals surface area (Å²) in [6.07, 6.45) is 0.550. The van der Waals surface area contributed by atoms with Gasteiger partial charge in [-0.1, -0.05) is 19.1 Å². The molecule has 1 heterocycles. The van der Waals surface area contributed by atoms with Crippen LogP contribution in [0.2, 0.25) is 0 Å². The number of sulfonamides is 1. The van der Waals surface area contributed by atoms with E-state index in [4.69, 9.17) is 5.11 Å². The molecule has 0 aliphatic carbocycles. The summed E-state index contributed by atoms with van der Waals surface area (Å²) in [5, 5.41) is 9.20.